The number of nitrogens with two attached hydrogens (primary N) is 1. The maximum atomic E-state index is 11.1. The molecule has 1 amide bonds. The van der Waals surface area contributed by atoms with E-state index in [4.69, 9.17) is 5.73 Å². The van der Waals surface area contributed by atoms with Gasteiger partial charge in [-0.3, -0.25) is 9.59 Å². The Kier molecular flexibility index (Phi) is 5.98. The fraction of sp³-hybridized carbons (Fsp3) is 0.714. The Morgan fingerprint density at radius 2 is 2.08 bits per heavy atom. The predicted octanol–water partition coefficient (Wildman–Crippen LogP) is 0.432. The first-order chi connectivity index (χ1) is 6.04. The van der Waals surface area contributed by atoms with E-state index in [0.717, 1.165) is 0 Å². The monoisotopic (exact) mass is 223 g/mol. The molecule has 0 aliphatic carbocycles. The number of carbonyl (C=O) groups excluding carboxylic acids is 2. The lowest BCUT2D eigenvalue weighted by molar-refractivity contribution is -0.142. The molecular weight excluding hydrogens is 210 g/mol. The zero-order valence-corrected chi connectivity index (χ0v) is 9.05. The van der Waals surface area contributed by atoms with Gasteiger partial charge in [0.05, 0.1) is 5.92 Å². The largest absolute Gasteiger partial charge is 0.394 e. The second-order valence-electron chi connectivity index (χ2n) is 2.72. The molecule has 76 valence electrons. The van der Waals surface area contributed by atoms with Gasteiger partial charge >= 0.3 is 5.97 Å². The fourth-order valence-electron chi connectivity index (χ4n) is 0.977. The Balaban J connectivity index is 4.40. The molecule has 0 bridgehead atoms. The van der Waals surface area contributed by atoms with Gasteiger partial charge in [-0.2, -0.15) is 12.6 Å². The molecular formula is C7H13NO3S2. The van der Waals surface area contributed by atoms with E-state index in [-0.39, 0.29) is 0 Å². The summed E-state index contributed by atoms with van der Waals surface area (Å²) in [5.74, 6) is -1.67. The van der Waals surface area contributed by atoms with E-state index in [1.54, 1.807) is 6.92 Å². The molecule has 0 aliphatic rings. The Morgan fingerprint density at radius 3 is 2.38 bits per heavy atom. The van der Waals surface area contributed by atoms with Crippen molar-refractivity contribution in [3.63, 3.8) is 0 Å². The molecule has 2 unspecified atom stereocenters. The van der Waals surface area contributed by atoms with Crippen molar-refractivity contribution in [2.45, 2.75) is 13.3 Å². The third-order valence-electron chi connectivity index (χ3n) is 1.89. The van der Waals surface area contributed by atoms with Crippen LogP contribution < -0.4 is 5.73 Å². The molecule has 0 aromatic rings. The summed E-state index contributed by atoms with van der Waals surface area (Å²) in [4.78, 5) is 21.9. The van der Waals surface area contributed by atoms with E-state index in [2.05, 4.69) is 29.7 Å². The lowest BCUT2D eigenvalue weighted by Crippen LogP contribution is -2.32. The molecule has 0 spiro atoms. The van der Waals surface area contributed by atoms with Gasteiger partial charge in [-0.05, 0) is 12.2 Å². The van der Waals surface area contributed by atoms with Gasteiger partial charge in [0.2, 0.25) is 5.91 Å². The summed E-state index contributed by atoms with van der Waals surface area (Å²) in [5, 5.41) is 0. The van der Waals surface area contributed by atoms with Crippen LogP contribution in [0.4, 0.5) is 0 Å². The fourth-order valence-corrected chi connectivity index (χ4v) is 1.39. The number of thiol groups is 2. The number of carbonyl (C=O) groups is 2. The van der Waals surface area contributed by atoms with Gasteiger partial charge in [0.15, 0.2) is 0 Å². The molecule has 0 rings (SSSR count). The number of hydrogen-bond donors (Lipinski definition) is 3. The zero-order valence-electron chi connectivity index (χ0n) is 7.27. The minimum atomic E-state index is -0.549. The minimum Gasteiger partial charge on any atom is -0.394 e. The van der Waals surface area contributed by atoms with Crippen LogP contribution in [0, 0.1) is 11.8 Å². The predicted molar refractivity (Wildman–Crippen MR) is 55.4 cm³/mol. The number of hydrogen-bond acceptors (Lipinski definition) is 5. The summed E-state index contributed by atoms with van der Waals surface area (Å²) in [6.07, 6.45) is 0.451. The van der Waals surface area contributed by atoms with Crippen molar-refractivity contribution in [2.75, 3.05) is 5.75 Å². The van der Waals surface area contributed by atoms with E-state index in [9.17, 15) is 9.59 Å². The second-order valence-corrected chi connectivity index (χ2v) is 3.35. The molecule has 0 fully saturated rings. The standard InChI is InChI=1S/C7H13NO3S2/c1-4(6(8)9)5(2-3-12)7(10)11-13/h4-5,12-13H,2-3H2,1H3,(H2,8,9). The normalized spacial score (nSPS) is 14.7. The van der Waals surface area contributed by atoms with Gasteiger partial charge in [-0.25, -0.2) is 0 Å². The smallest absolute Gasteiger partial charge is 0.321 e. The van der Waals surface area contributed by atoms with E-state index in [1.807, 2.05) is 0 Å². The van der Waals surface area contributed by atoms with Crippen LogP contribution >= 0.6 is 25.5 Å². The highest BCUT2D eigenvalue weighted by Crippen LogP contribution is 2.18. The Morgan fingerprint density at radius 1 is 1.54 bits per heavy atom. The summed E-state index contributed by atoms with van der Waals surface area (Å²) in [6.45, 7) is 1.58. The van der Waals surface area contributed by atoms with E-state index >= 15 is 0 Å². The highest BCUT2D eigenvalue weighted by atomic mass is 32.1. The van der Waals surface area contributed by atoms with Crippen LogP contribution in [0.2, 0.25) is 0 Å². The molecule has 0 heterocycles. The second kappa shape index (κ2) is 6.15. The maximum Gasteiger partial charge on any atom is 0.321 e. The number of primary amides is 1. The molecule has 13 heavy (non-hydrogen) atoms. The summed E-state index contributed by atoms with van der Waals surface area (Å²) in [7, 11) is 0. The van der Waals surface area contributed by atoms with Gasteiger partial charge in [-0.15, -0.1) is 0 Å². The van der Waals surface area contributed by atoms with Gasteiger partial charge < -0.3 is 9.92 Å². The SMILES string of the molecule is CC(C(N)=O)C(CCS)C(=O)OS. The zero-order chi connectivity index (χ0) is 10.4. The van der Waals surface area contributed by atoms with Crippen LogP contribution in [0.5, 0.6) is 0 Å². The molecule has 6 heteroatoms. The van der Waals surface area contributed by atoms with Crippen molar-refractivity contribution in [3.8, 4) is 0 Å². The summed E-state index contributed by atoms with van der Waals surface area (Å²) < 4.78 is 4.25. The molecule has 0 saturated heterocycles. The Labute approximate surface area is 88.2 Å². The van der Waals surface area contributed by atoms with Crippen molar-refractivity contribution in [2.24, 2.45) is 17.6 Å². The van der Waals surface area contributed by atoms with Crippen molar-refractivity contribution >= 4 is 37.4 Å². The Bertz CT molecular complexity index is 198. The first kappa shape index (κ1) is 12.6. The maximum absolute atomic E-state index is 11.1. The molecule has 0 aliphatic heterocycles. The topological polar surface area (TPSA) is 69.4 Å². The van der Waals surface area contributed by atoms with Crippen LogP contribution in [0.15, 0.2) is 0 Å². The van der Waals surface area contributed by atoms with Gasteiger partial charge in [-0.1, -0.05) is 6.92 Å². The lowest BCUT2D eigenvalue weighted by atomic mass is 9.91. The molecule has 4 nitrogen and oxygen atoms in total. The van der Waals surface area contributed by atoms with Crippen LogP contribution in [0.3, 0.4) is 0 Å². The molecule has 2 atom stereocenters. The van der Waals surface area contributed by atoms with E-state index in [1.165, 1.54) is 0 Å². The van der Waals surface area contributed by atoms with Crippen molar-refractivity contribution in [1.82, 2.24) is 0 Å². The van der Waals surface area contributed by atoms with E-state index in [0.29, 0.717) is 12.2 Å². The van der Waals surface area contributed by atoms with Crippen LogP contribution in [0.1, 0.15) is 13.3 Å². The first-order valence-corrected chi connectivity index (χ1v) is 4.79. The first-order valence-electron chi connectivity index (χ1n) is 3.80. The minimum absolute atomic E-state index is 0.451. The summed E-state index contributed by atoms with van der Waals surface area (Å²) in [6, 6.07) is 0. The number of amides is 1. The van der Waals surface area contributed by atoms with Crippen molar-refractivity contribution in [3.05, 3.63) is 0 Å². The molecule has 0 saturated carbocycles. The third-order valence-corrected chi connectivity index (χ3v) is 2.32. The lowest BCUT2D eigenvalue weighted by Gasteiger charge is -2.17. The molecule has 2 N–H and O–H groups in total. The van der Waals surface area contributed by atoms with Crippen molar-refractivity contribution < 1.29 is 13.8 Å². The van der Waals surface area contributed by atoms with Crippen molar-refractivity contribution in [1.29, 1.82) is 0 Å². The van der Waals surface area contributed by atoms with Gasteiger partial charge in [0.25, 0.3) is 0 Å². The summed E-state index contributed by atoms with van der Waals surface area (Å²) in [5.41, 5.74) is 5.06. The Hall–Kier alpha value is -0.360. The number of rotatable bonds is 5. The highest BCUT2D eigenvalue weighted by molar-refractivity contribution is 7.80. The average molecular weight is 223 g/mol. The van der Waals surface area contributed by atoms with Crippen LogP contribution in [0.25, 0.3) is 0 Å². The third kappa shape index (κ3) is 3.91. The quantitative estimate of drug-likeness (QED) is 0.468. The van der Waals surface area contributed by atoms with Crippen LogP contribution in [-0.4, -0.2) is 17.6 Å². The van der Waals surface area contributed by atoms with Crippen LogP contribution in [-0.2, 0) is 13.8 Å². The molecule has 0 radical (unpaired) electrons. The summed E-state index contributed by atoms with van der Waals surface area (Å²) >= 11 is 7.36. The average Bonchev–Trinajstić information content (AvgIpc) is 2.11. The molecule has 0 aromatic heterocycles. The van der Waals surface area contributed by atoms with Gasteiger partial charge in [0, 0.05) is 18.8 Å². The highest BCUT2D eigenvalue weighted by Gasteiger charge is 2.29. The van der Waals surface area contributed by atoms with Gasteiger partial charge in [0.1, 0.15) is 0 Å². The van der Waals surface area contributed by atoms with E-state index < -0.39 is 23.7 Å². The molecule has 0 aromatic carbocycles.